The van der Waals surface area contributed by atoms with E-state index in [4.69, 9.17) is 11.6 Å². The van der Waals surface area contributed by atoms with Crippen molar-refractivity contribution in [2.24, 2.45) is 0 Å². The number of hydrogen-bond acceptors (Lipinski definition) is 3. The summed E-state index contributed by atoms with van der Waals surface area (Å²) in [5, 5.41) is 11.5. The zero-order chi connectivity index (χ0) is 17.8. The molecule has 1 N–H and O–H groups in total. The maximum absolute atomic E-state index is 13.0. The molecule has 0 atom stereocenters. The zero-order valence-corrected chi connectivity index (χ0v) is 14.3. The molecule has 0 radical (unpaired) electrons. The Kier molecular flexibility index (Phi) is 5.09. The summed E-state index contributed by atoms with van der Waals surface area (Å²) >= 11 is 5.92. The third kappa shape index (κ3) is 3.85. The highest BCUT2D eigenvalue weighted by molar-refractivity contribution is 6.30. The molecule has 0 saturated carbocycles. The largest absolute Gasteiger partial charge is 0.321 e. The second kappa shape index (κ2) is 7.44. The quantitative estimate of drug-likeness (QED) is 0.741. The van der Waals surface area contributed by atoms with Crippen molar-refractivity contribution < 1.29 is 9.18 Å². The third-order valence-electron chi connectivity index (χ3n) is 3.64. The Balaban J connectivity index is 1.91. The lowest BCUT2D eigenvalue weighted by molar-refractivity contribution is 0.102. The highest BCUT2D eigenvalue weighted by atomic mass is 35.5. The number of benzene rings is 2. The molecule has 2 aromatic carbocycles. The van der Waals surface area contributed by atoms with Crippen LogP contribution >= 0.6 is 11.6 Å². The molecule has 1 amide bonds. The summed E-state index contributed by atoms with van der Waals surface area (Å²) in [4.78, 5) is 12.6. The van der Waals surface area contributed by atoms with Gasteiger partial charge < -0.3 is 5.32 Å². The van der Waals surface area contributed by atoms with Crippen LogP contribution in [0.15, 0.2) is 48.5 Å². The van der Waals surface area contributed by atoms with Crippen LogP contribution < -0.4 is 5.32 Å². The van der Waals surface area contributed by atoms with E-state index in [1.807, 2.05) is 19.1 Å². The Morgan fingerprint density at radius 1 is 1.16 bits per heavy atom. The van der Waals surface area contributed by atoms with E-state index >= 15 is 0 Å². The first-order valence-corrected chi connectivity index (χ1v) is 8.23. The molecular weight excluding hydrogens is 343 g/mol. The SMILES string of the molecule is CCCc1c(C(=O)Nc2ccc(F)cc2)nnn1-c1ccc(Cl)cc1. The second-order valence-electron chi connectivity index (χ2n) is 5.48. The minimum atomic E-state index is -0.379. The fourth-order valence-corrected chi connectivity index (χ4v) is 2.58. The minimum Gasteiger partial charge on any atom is -0.321 e. The topological polar surface area (TPSA) is 59.8 Å². The van der Waals surface area contributed by atoms with Gasteiger partial charge in [-0.25, -0.2) is 9.07 Å². The molecule has 0 fully saturated rings. The summed E-state index contributed by atoms with van der Waals surface area (Å²) in [6.45, 7) is 2.01. The molecule has 0 unspecified atom stereocenters. The van der Waals surface area contributed by atoms with Gasteiger partial charge in [-0.15, -0.1) is 5.10 Å². The van der Waals surface area contributed by atoms with Crippen LogP contribution in [0.5, 0.6) is 0 Å². The number of carbonyl (C=O) groups excluding carboxylic acids is 1. The predicted octanol–water partition coefficient (Wildman–Crippen LogP) is 4.26. The van der Waals surface area contributed by atoms with E-state index in [0.717, 1.165) is 12.1 Å². The van der Waals surface area contributed by atoms with Gasteiger partial charge in [0.2, 0.25) is 0 Å². The maximum atomic E-state index is 13.0. The Labute approximate surface area is 149 Å². The highest BCUT2D eigenvalue weighted by Crippen LogP contribution is 2.19. The molecule has 0 aliphatic carbocycles. The molecule has 3 aromatic rings. The number of halogens is 2. The third-order valence-corrected chi connectivity index (χ3v) is 3.89. The molecular formula is C18H16ClFN4O. The molecule has 0 bridgehead atoms. The lowest BCUT2D eigenvalue weighted by Gasteiger charge is -2.08. The number of nitrogens with zero attached hydrogens (tertiary/aromatic N) is 3. The summed E-state index contributed by atoms with van der Waals surface area (Å²) in [5.41, 5.74) is 2.24. The average Bonchev–Trinajstić information content (AvgIpc) is 3.02. The molecule has 128 valence electrons. The van der Waals surface area contributed by atoms with E-state index < -0.39 is 0 Å². The molecule has 0 aliphatic rings. The highest BCUT2D eigenvalue weighted by Gasteiger charge is 2.20. The zero-order valence-electron chi connectivity index (χ0n) is 13.5. The standard InChI is InChI=1S/C18H16ClFN4O/c1-2-3-16-17(18(25)21-14-8-6-13(20)7-9-14)22-23-24(16)15-10-4-12(19)5-11-15/h4-11H,2-3H2,1H3,(H,21,25). The fourth-order valence-electron chi connectivity index (χ4n) is 2.45. The molecule has 1 heterocycles. The number of carbonyl (C=O) groups is 1. The van der Waals surface area contributed by atoms with Crippen LogP contribution in [-0.4, -0.2) is 20.9 Å². The summed E-state index contributed by atoms with van der Waals surface area (Å²) < 4.78 is 14.6. The van der Waals surface area contributed by atoms with E-state index in [0.29, 0.717) is 22.8 Å². The summed E-state index contributed by atoms with van der Waals surface area (Å²) in [7, 11) is 0. The van der Waals surface area contributed by atoms with Gasteiger partial charge in [0.25, 0.3) is 5.91 Å². The van der Waals surface area contributed by atoms with E-state index in [-0.39, 0.29) is 17.4 Å². The van der Waals surface area contributed by atoms with E-state index in [9.17, 15) is 9.18 Å². The van der Waals surface area contributed by atoms with Gasteiger partial charge in [-0.1, -0.05) is 30.2 Å². The number of rotatable bonds is 5. The minimum absolute atomic E-state index is 0.251. The van der Waals surface area contributed by atoms with Crippen molar-refractivity contribution in [3.8, 4) is 5.69 Å². The van der Waals surface area contributed by atoms with E-state index in [1.165, 1.54) is 24.3 Å². The van der Waals surface area contributed by atoms with E-state index in [2.05, 4.69) is 15.6 Å². The van der Waals surface area contributed by atoms with Crippen LogP contribution in [0, 0.1) is 5.82 Å². The Morgan fingerprint density at radius 2 is 1.84 bits per heavy atom. The molecule has 0 spiro atoms. The molecule has 3 rings (SSSR count). The van der Waals surface area contributed by atoms with Crippen molar-refractivity contribution in [3.05, 3.63) is 70.8 Å². The molecule has 0 aliphatic heterocycles. The molecule has 5 nitrogen and oxygen atoms in total. The normalized spacial score (nSPS) is 10.7. The lowest BCUT2D eigenvalue weighted by atomic mass is 10.2. The van der Waals surface area contributed by atoms with Crippen LogP contribution in [-0.2, 0) is 6.42 Å². The number of hydrogen-bond donors (Lipinski definition) is 1. The number of amides is 1. The predicted molar refractivity (Wildman–Crippen MR) is 94.7 cm³/mol. The van der Waals surface area contributed by atoms with Gasteiger partial charge in [-0.05, 0) is 55.0 Å². The Morgan fingerprint density at radius 3 is 2.48 bits per heavy atom. The number of anilines is 1. The summed E-state index contributed by atoms with van der Waals surface area (Å²) in [6, 6.07) is 12.7. The van der Waals surface area contributed by atoms with Crippen molar-refractivity contribution >= 4 is 23.2 Å². The average molecular weight is 359 g/mol. The molecule has 0 saturated heterocycles. The lowest BCUT2D eigenvalue weighted by Crippen LogP contribution is -2.15. The second-order valence-corrected chi connectivity index (χ2v) is 5.92. The van der Waals surface area contributed by atoms with Gasteiger partial charge in [0, 0.05) is 10.7 Å². The van der Waals surface area contributed by atoms with Crippen molar-refractivity contribution in [2.75, 3.05) is 5.32 Å². The first kappa shape index (κ1) is 17.1. The van der Waals surface area contributed by atoms with Crippen molar-refractivity contribution in [1.29, 1.82) is 0 Å². The van der Waals surface area contributed by atoms with Crippen molar-refractivity contribution in [2.45, 2.75) is 19.8 Å². The van der Waals surface area contributed by atoms with Crippen LogP contribution in [0.1, 0.15) is 29.5 Å². The fraction of sp³-hybridized carbons (Fsp3) is 0.167. The van der Waals surface area contributed by atoms with Crippen molar-refractivity contribution in [3.63, 3.8) is 0 Å². The maximum Gasteiger partial charge on any atom is 0.278 e. The van der Waals surface area contributed by atoms with Gasteiger partial charge in [0.1, 0.15) is 5.82 Å². The summed E-state index contributed by atoms with van der Waals surface area (Å²) in [5.74, 6) is -0.742. The number of aromatic nitrogens is 3. The van der Waals surface area contributed by atoms with Crippen LogP contribution in [0.3, 0.4) is 0 Å². The van der Waals surface area contributed by atoms with Crippen molar-refractivity contribution in [1.82, 2.24) is 15.0 Å². The summed E-state index contributed by atoms with van der Waals surface area (Å²) in [6.07, 6.45) is 1.47. The van der Waals surface area contributed by atoms with Gasteiger partial charge >= 0.3 is 0 Å². The van der Waals surface area contributed by atoms with Crippen LogP contribution in [0.4, 0.5) is 10.1 Å². The first-order chi connectivity index (χ1) is 12.1. The number of nitrogens with one attached hydrogen (secondary N) is 1. The van der Waals surface area contributed by atoms with Gasteiger partial charge in [0.05, 0.1) is 11.4 Å². The van der Waals surface area contributed by atoms with Gasteiger partial charge in [-0.2, -0.15) is 0 Å². The molecule has 25 heavy (non-hydrogen) atoms. The van der Waals surface area contributed by atoms with Gasteiger partial charge in [0.15, 0.2) is 5.69 Å². The van der Waals surface area contributed by atoms with Crippen LogP contribution in [0.25, 0.3) is 5.69 Å². The first-order valence-electron chi connectivity index (χ1n) is 7.86. The van der Waals surface area contributed by atoms with Gasteiger partial charge in [-0.3, -0.25) is 4.79 Å². The Hall–Kier alpha value is -2.73. The Bertz CT molecular complexity index is 875. The molecule has 1 aromatic heterocycles. The molecule has 7 heteroatoms. The van der Waals surface area contributed by atoms with E-state index in [1.54, 1.807) is 16.8 Å². The smallest absolute Gasteiger partial charge is 0.278 e. The monoisotopic (exact) mass is 358 g/mol. The van der Waals surface area contributed by atoms with Crippen LogP contribution in [0.2, 0.25) is 5.02 Å².